The molecule has 2 N–H and O–H groups in total. The summed E-state index contributed by atoms with van der Waals surface area (Å²) < 4.78 is 5.40. The molecule has 2 amide bonds. The van der Waals surface area contributed by atoms with E-state index in [2.05, 4.69) is 10.6 Å². The van der Waals surface area contributed by atoms with Gasteiger partial charge in [-0.15, -0.1) is 11.3 Å². The second-order valence-corrected chi connectivity index (χ2v) is 6.69. The van der Waals surface area contributed by atoms with Crippen molar-refractivity contribution in [3.05, 3.63) is 75.9 Å². The van der Waals surface area contributed by atoms with Crippen LogP contribution in [0.4, 0.5) is 11.4 Å². The Bertz CT molecular complexity index is 895. The van der Waals surface area contributed by atoms with Crippen LogP contribution < -0.4 is 15.4 Å². The number of benzene rings is 2. The summed E-state index contributed by atoms with van der Waals surface area (Å²) >= 11 is 7.16. The predicted molar refractivity (Wildman–Crippen MR) is 104 cm³/mol. The van der Waals surface area contributed by atoms with Crippen LogP contribution in [0.3, 0.4) is 0 Å². The van der Waals surface area contributed by atoms with Crippen LogP contribution in [0.15, 0.2) is 66.0 Å². The quantitative estimate of drug-likeness (QED) is 0.646. The van der Waals surface area contributed by atoms with E-state index in [1.165, 1.54) is 11.3 Å². The largest absolute Gasteiger partial charge is 0.484 e. The number of hydrogen-bond donors (Lipinski definition) is 2. The molecule has 3 rings (SSSR count). The highest BCUT2D eigenvalue weighted by Crippen LogP contribution is 2.18. The van der Waals surface area contributed by atoms with Gasteiger partial charge < -0.3 is 15.4 Å². The minimum atomic E-state index is -0.304. The number of halogens is 1. The Morgan fingerprint density at radius 3 is 2.38 bits per heavy atom. The molecular formula is C19H15ClN2O3S. The fourth-order valence-electron chi connectivity index (χ4n) is 2.15. The Morgan fingerprint density at radius 1 is 0.962 bits per heavy atom. The average Bonchev–Trinajstić information content (AvgIpc) is 3.16. The molecule has 1 heterocycles. The van der Waals surface area contributed by atoms with Crippen LogP contribution in [-0.2, 0) is 4.79 Å². The van der Waals surface area contributed by atoms with E-state index in [0.29, 0.717) is 27.0 Å². The van der Waals surface area contributed by atoms with Gasteiger partial charge in [0.2, 0.25) is 0 Å². The van der Waals surface area contributed by atoms with E-state index in [1.807, 2.05) is 11.4 Å². The highest BCUT2D eigenvalue weighted by molar-refractivity contribution is 7.12. The summed E-state index contributed by atoms with van der Waals surface area (Å²) in [4.78, 5) is 24.7. The monoisotopic (exact) mass is 386 g/mol. The van der Waals surface area contributed by atoms with Gasteiger partial charge in [0, 0.05) is 16.4 Å². The van der Waals surface area contributed by atoms with Crippen LogP contribution in [-0.4, -0.2) is 18.4 Å². The van der Waals surface area contributed by atoms with Gasteiger partial charge in [0.25, 0.3) is 11.8 Å². The average molecular weight is 387 g/mol. The third-order valence-electron chi connectivity index (χ3n) is 3.33. The van der Waals surface area contributed by atoms with Gasteiger partial charge in [0.15, 0.2) is 6.61 Å². The van der Waals surface area contributed by atoms with E-state index < -0.39 is 0 Å². The molecule has 0 fully saturated rings. The van der Waals surface area contributed by atoms with Crippen molar-refractivity contribution in [1.82, 2.24) is 0 Å². The van der Waals surface area contributed by atoms with E-state index >= 15 is 0 Å². The lowest BCUT2D eigenvalue weighted by Gasteiger charge is -2.09. The molecule has 0 radical (unpaired) electrons. The van der Waals surface area contributed by atoms with Crippen molar-refractivity contribution in [3.8, 4) is 5.75 Å². The third-order valence-corrected chi connectivity index (χ3v) is 4.45. The summed E-state index contributed by atoms with van der Waals surface area (Å²) in [5.41, 5.74) is 1.17. The van der Waals surface area contributed by atoms with E-state index in [9.17, 15) is 9.59 Å². The molecule has 1 aromatic heterocycles. The highest BCUT2D eigenvalue weighted by atomic mass is 35.5. The molecule has 0 unspecified atom stereocenters. The topological polar surface area (TPSA) is 67.4 Å². The first-order valence-corrected chi connectivity index (χ1v) is 8.99. The number of amides is 2. The summed E-state index contributed by atoms with van der Waals surface area (Å²) in [7, 11) is 0. The van der Waals surface area contributed by atoms with Crippen molar-refractivity contribution in [3.63, 3.8) is 0 Å². The lowest BCUT2D eigenvalue weighted by Crippen LogP contribution is -2.20. The number of carbonyl (C=O) groups is 2. The molecule has 132 valence electrons. The highest BCUT2D eigenvalue weighted by Gasteiger charge is 2.08. The summed E-state index contributed by atoms with van der Waals surface area (Å²) in [6.45, 7) is -0.132. The first kappa shape index (κ1) is 18.0. The second-order valence-electron chi connectivity index (χ2n) is 5.30. The smallest absolute Gasteiger partial charge is 0.265 e. The number of carbonyl (C=O) groups excluding carboxylic acids is 2. The Labute approximate surface area is 159 Å². The van der Waals surface area contributed by atoms with Crippen molar-refractivity contribution < 1.29 is 14.3 Å². The maximum absolute atomic E-state index is 12.1. The fraction of sp³-hybridized carbons (Fsp3) is 0.0526. The van der Waals surface area contributed by atoms with E-state index in [-0.39, 0.29) is 18.4 Å². The van der Waals surface area contributed by atoms with Gasteiger partial charge in [-0.2, -0.15) is 0 Å². The van der Waals surface area contributed by atoms with Gasteiger partial charge in [-0.1, -0.05) is 23.7 Å². The maximum Gasteiger partial charge on any atom is 0.265 e. The Balaban J connectivity index is 1.55. The van der Waals surface area contributed by atoms with Gasteiger partial charge in [-0.05, 0) is 53.9 Å². The van der Waals surface area contributed by atoms with Crippen molar-refractivity contribution in [1.29, 1.82) is 0 Å². The fourth-order valence-corrected chi connectivity index (χ4v) is 2.90. The number of thiophene rings is 1. The van der Waals surface area contributed by atoms with Crippen LogP contribution in [0.5, 0.6) is 5.75 Å². The summed E-state index contributed by atoms with van der Waals surface area (Å²) in [6.07, 6.45) is 0. The second kappa shape index (κ2) is 8.51. The van der Waals surface area contributed by atoms with Crippen LogP contribution in [0.2, 0.25) is 5.02 Å². The molecule has 0 bridgehead atoms. The molecule has 3 aromatic rings. The summed E-state index contributed by atoms with van der Waals surface area (Å²) in [6, 6.07) is 17.3. The van der Waals surface area contributed by atoms with Crippen molar-refractivity contribution in [2.24, 2.45) is 0 Å². The Kier molecular flexibility index (Phi) is 5.88. The zero-order valence-corrected chi connectivity index (χ0v) is 15.1. The number of hydrogen-bond acceptors (Lipinski definition) is 4. The molecule has 7 heteroatoms. The minimum absolute atomic E-state index is 0.132. The van der Waals surface area contributed by atoms with E-state index in [0.717, 1.165) is 0 Å². The molecular weight excluding hydrogens is 372 g/mol. The number of nitrogens with one attached hydrogen (secondary N) is 2. The summed E-state index contributed by atoms with van der Waals surface area (Å²) in [5, 5.41) is 7.97. The number of anilines is 2. The molecule has 0 saturated heterocycles. The number of rotatable bonds is 6. The van der Waals surface area contributed by atoms with Gasteiger partial charge in [0.05, 0.1) is 4.88 Å². The summed E-state index contributed by atoms with van der Waals surface area (Å²) in [5.74, 6) is 0.0674. The normalized spacial score (nSPS) is 10.2. The van der Waals surface area contributed by atoms with Crippen LogP contribution >= 0.6 is 22.9 Å². The van der Waals surface area contributed by atoms with Crippen LogP contribution in [0, 0.1) is 0 Å². The maximum atomic E-state index is 12.1. The molecule has 0 aliphatic heterocycles. The predicted octanol–water partition coefficient (Wildman–Crippen LogP) is 4.67. The molecule has 0 aliphatic carbocycles. The lowest BCUT2D eigenvalue weighted by atomic mass is 10.2. The van der Waals surface area contributed by atoms with Crippen molar-refractivity contribution in [2.45, 2.75) is 0 Å². The van der Waals surface area contributed by atoms with Gasteiger partial charge in [-0.3, -0.25) is 9.59 Å². The number of ether oxygens (including phenoxy) is 1. The molecule has 0 spiro atoms. The van der Waals surface area contributed by atoms with Crippen molar-refractivity contribution in [2.75, 3.05) is 17.2 Å². The molecule has 26 heavy (non-hydrogen) atoms. The minimum Gasteiger partial charge on any atom is -0.484 e. The molecule has 2 aromatic carbocycles. The molecule has 0 saturated carbocycles. The zero-order chi connectivity index (χ0) is 18.4. The van der Waals surface area contributed by atoms with E-state index in [4.69, 9.17) is 16.3 Å². The zero-order valence-electron chi connectivity index (χ0n) is 13.6. The van der Waals surface area contributed by atoms with Gasteiger partial charge in [-0.25, -0.2) is 0 Å². The lowest BCUT2D eigenvalue weighted by molar-refractivity contribution is -0.118. The van der Waals surface area contributed by atoms with Crippen molar-refractivity contribution >= 4 is 46.1 Å². The first-order chi connectivity index (χ1) is 12.6. The molecule has 0 atom stereocenters. The third kappa shape index (κ3) is 5.08. The SMILES string of the molecule is O=C(COc1ccc(Cl)cc1)Nc1cccc(NC(=O)c2cccs2)c1. The van der Waals surface area contributed by atoms with Crippen LogP contribution in [0.1, 0.15) is 9.67 Å². The van der Waals surface area contributed by atoms with Gasteiger partial charge >= 0.3 is 0 Å². The van der Waals surface area contributed by atoms with Crippen LogP contribution in [0.25, 0.3) is 0 Å². The van der Waals surface area contributed by atoms with E-state index in [1.54, 1.807) is 54.6 Å². The molecule has 0 aliphatic rings. The first-order valence-electron chi connectivity index (χ1n) is 7.73. The molecule has 5 nitrogen and oxygen atoms in total. The van der Waals surface area contributed by atoms with Gasteiger partial charge in [0.1, 0.15) is 5.75 Å². The Hall–Kier alpha value is -2.83. The standard InChI is InChI=1S/C19H15ClN2O3S/c20-13-6-8-16(9-7-13)25-12-18(23)21-14-3-1-4-15(11-14)22-19(24)17-5-2-10-26-17/h1-11H,12H2,(H,21,23)(H,22,24). The Morgan fingerprint density at radius 2 is 1.69 bits per heavy atom.